The van der Waals surface area contributed by atoms with Crippen LogP contribution in [0.5, 0.6) is 5.75 Å². The van der Waals surface area contributed by atoms with Crippen molar-refractivity contribution in [2.24, 2.45) is 0 Å². The zero-order valence-electron chi connectivity index (χ0n) is 16.8. The zero-order valence-corrected chi connectivity index (χ0v) is 17.6. The third-order valence-corrected chi connectivity index (χ3v) is 5.76. The lowest BCUT2D eigenvalue weighted by molar-refractivity contribution is -0.127. The Labute approximate surface area is 179 Å². The Kier molecular flexibility index (Phi) is 6.23. The Morgan fingerprint density at radius 1 is 1.23 bits per heavy atom. The molecule has 1 aromatic heterocycles. The Bertz CT molecular complexity index is 1060. The largest absolute Gasteiger partial charge is 0.487 e. The number of carbonyl (C=O) groups is 1. The molecule has 1 saturated carbocycles. The quantitative estimate of drug-likeness (QED) is 0.458. The van der Waals surface area contributed by atoms with Gasteiger partial charge in [-0.15, -0.1) is 11.3 Å². The molecule has 1 aliphatic carbocycles. The van der Waals surface area contributed by atoms with Crippen LogP contribution in [0, 0.1) is 12.7 Å². The van der Waals surface area contributed by atoms with Crippen molar-refractivity contribution in [2.45, 2.75) is 39.0 Å². The number of aromatic nitrogens is 1. The van der Waals surface area contributed by atoms with Gasteiger partial charge in [0.15, 0.2) is 0 Å². The molecule has 0 aliphatic heterocycles. The molecule has 1 amide bonds. The molecule has 1 aliphatic rings. The van der Waals surface area contributed by atoms with Gasteiger partial charge in [0.1, 0.15) is 18.2 Å². The van der Waals surface area contributed by atoms with Crippen molar-refractivity contribution < 1.29 is 13.9 Å². The lowest BCUT2D eigenvalue weighted by atomic mass is 10.1. The van der Waals surface area contributed by atoms with E-state index in [-0.39, 0.29) is 24.3 Å². The average molecular weight is 423 g/mol. The number of halogens is 1. The predicted molar refractivity (Wildman–Crippen MR) is 117 cm³/mol. The molecular formula is C24H23FN2O2S. The minimum atomic E-state index is -0.282. The third-order valence-electron chi connectivity index (χ3n) is 4.94. The van der Waals surface area contributed by atoms with Crippen LogP contribution in [0.25, 0.3) is 6.08 Å². The molecule has 30 heavy (non-hydrogen) atoms. The van der Waals surface area contributed by atoms with Gasteiger partial charge >= 0.3 is 0 Å². The summed E-state index contributed by atoms with van der Waals surface area (Å²) in [4.78, 5) is 19.0. The second kappa shape index (κ2) is 9.22. The van der Waals surface area contributed by atoms with Crippen molar-refractivity contribution in [3.63, 3.8) is 0 Å². The number of nitrogens with zero attached hydrogens (tertiary/aromatic N) is 2. The second-order valence-corrected chi connectivity index (χ2v) is 8.37. The van der Waals surface area contributed by atoms with Crippen LogP contribution >= 0.6 is 11.3 Å². The maximum absolute atomic E-state index is 14.1. The molecule has 0 unspecified atom stereocenters. The van der Waals surface area contributed by atoms with Crippen LogP contribution in [-0.2, 0) is 17.9 Å². The predicted octanol–water partition coefficient (Wildman–Crippen LogP) is 5.37. The van der Waals surface area contributed by atoms with E-state index in [1.54, 1.807) is 46.6 Å². The number of carbonyl (C=O) groups excluding carboxylic acids is 1. The summed E-state index contributed by atoms with van der Waals surface area (Å²) in [6.07, 6.45) is 5.23. The Morgan fingerprint density at radius 2 is 2.00 bits per heavy atom. The number of hydrogen-bond donors (Lipinski definition) is 0. The molecule has 4 nitrogen and oxygen atoms in total. The molecule has 1 heterocycles. The van der Waals surface area contributed by atoms with Gasteiger partial charge in [-0.05, 0) is 38.0 Å². The van der Waals surface area contributed by atoms with Crippen LogP contribution in [-0.4, -0.2) is 21.8 Å². The molecule has 154 valence electrons. The molecule has 2 aromatic carbocycles. The highest BCUT2D eigenvalue weighted by Gasteiger charge is 2.32. The van der Waals surface area contributed by atoms with E-state index >= 15 is 0 Å². The maximum atomic E-state index is 14.1. The summed E-state index contributed by atoms with van der Waals surface area (Å²) < 4.78 is 20.0. The summed E-state index contributed by atoms with van der Waals surface area (Å²) >= 11 is 1.59. The van der Waals surface area contributed by atoms with Crippen molar-refractivity contribution in [1.82, 2.24) is 9.88 Å². The average Bonchev–Trinajstić information content (AvgIpc) is 3.51. The molecule has 0 radical (unpaired) electrons. The van der Waals surface area contributed by atoms with E-state index in [9.17, 15) is 9.18 Å². The second-order valence-electron chi connectivity index (χ2n) is 7.31. The van der Waals surface area contributed by atoms with Crippen LogP contribution in [0.4, 0.5) is 4.39 Å². The summed E-state index contributed by atoms with van der Waals surface area (Å²) in [6, 6.07) is 14.4. The number of para-hydroxylation sites is 1. The Morgan fingerprint density at radius 3 is 2.73 bits per heavy atom. The zero-order chi connectivity index (χ0) is 20.9. The van der Waals surface area contributed by atoms with Crippen molar-refractivity contribution in [3.05, 3.63) is 87.6 Å². The van der Waals surface area contributed by atoms with E-state index < -0.39 is 0 Å². The number of aryl methyl sites for hydroxylation is 1. The third kappa shape index (κ3) is 5.13. The van der Waals surface area contributed by atoms with Crippen LogP contribution in [0.3, 0.4) is 0 Å². The van der Waals surface area contributed by atoms with Gasteiger partial charge in [-0.3, -0.25) is 4.79 Å². The van der Waals surface area contributed by atoms with Gasteiger partial charge in [0.05, 0.1) is 10.7 Å². The summed E-state index contributed by atoms with van der Waals surface area (Å²) in [6.45, 7) is 2.62. The van der Waals surface area contributed by atoms with Gasteiger partial charge in [0, 0.05) is 35.2 Å². The van der Waals surface area contributed by atoms with Crippen molar-refractivity contribution in [1.29, 1.82) is 0 Å². The molecular weight excluding hydrogens is 399 g/mol. The maximum Gasteiger partial charge on any atom is 0.247 e. The highest BCUT2D eigenvalue weighted by atomic mass is 32.1. The van der Waals surface area contributed by atoms with E-state index in [2.05, 4.69) is 4.98 Å². The number of ether oxygens (including phenoxy) is 1. The first-order chi connectivity index (χ1) is 14.6. The normalized spacial score (nSPS) is 13.5. The van der Waals surface area contributed by atoms with Gasteiger partial charge in [-0.2, -0.15) is 0 Å². The molecule has 4 rings (SSSR count). The lowest BCUT2D eigenvalue weighted by Gasteiger charge is -2.21. The molecule has 0 spiro atoms. The van der Waals surface area contributed by atoms with Crippen LogP contribution < -0.4 is 4.74 Å². The van der Waals surface area contributed by atoms with Crippen molar-refractivity contribution in [3.8, 4) is 5.75 Å². The first kappa shape index (κ1) is 20.3. The van der Waals surface area contributed by atoms with Gasteiger partial charge in [0.2, 0.25) is 5.91 Å². The van der Waals surface area contributed by atoms with E-state index in [0.29, 0.717) is 17.9 Å². The van der Waals surface area contributed by atoms with E-state index in [1.807, 2.05) is 36.6 Å². The topological polar surface area (TPSA) is 42.4 Å². The minimum absolute atomic E-state index is 0.120. The number of benzene rings is 2. The fourth-order valence-corrected chi connectivity index (χ4v) is 3.81. The first-order valence-corrected chi connectivity index (χ1v) is 10.8. The van der Waals surface area contributed by atoms with E-state index in [0.717, 1.165) is 29.1 Å². The summed E-state index contributed by atoms with van der Waals surface area (Å²) in [5.74, 6) is 0.293. The molecule has 0 N–H and O–H groups in total. The monoisotopic (exact) mass is 422 g/mol. The molecule has 0 bridgehead atoms. The lowest BCUT2D eigenvalue weighted by Crippen LogP contribution is -2.31. The smallest absolute Gasteiger partial charge is 0.247 e. The summed E-state index contributed by atoms with van der Waals surface area (Å²) in [5, 5.41) is 2.98. The number of amides is 1. The molecule has 6 heteroatoms. The first-order valence-electron chi connectivity index (χ1n) is 9.95. The molecule has 3 aromatic rings. The highest BCUT2D eigenvalue weighted by Crippen LogP contribution is 2.29. The standard InChI is InChI=1S/C24H23FN2O2S/c1-17-26-20(16-30-17)15-29-23-9-5-3-6-18(23)10-13-24(28)27(21-11-12-21)14-19-7-2-4-8-22(19)25/h2-10,13,16,21H,11-12,14-15H2,1H3/b13-10+. The number of rotatable bonds is 8. The highest BCUT2D eigenvalue weighted by molar-refractivity contribution is 7.09. The summed E-state index contributed by atoms with van der Waals surface area (Å²) in [5.41, 5.74) is 2.24. The number of hydrogen-bond acceptors (Lipinski definition) is 4. The SMILES string of the molecule is Cc1nc(COc2ccccc2/C=C/C(=O)N(Cc2ccccc2F)C2CC2)cs1. The van der Waals surface area contributed by atoms with Gasteiger partial charge < -0.3 is 9.64 Å². The Balaban J connectivity index is 1.45. The van der Waals surface area contributed by atoms with Gasteiger partial charge in [0.25, 0.3) is 0 Å². The minimum Gasteiger partial charge on any atom is -0.487 e. The van der Waals surface area contributed by atoms with Gasteiger partial charge in [-0.25, -0.2) is 9.37 Å². The Hall–Kier alpha value is -2.99. The number of thiazole rings is 1. The van der Waals surface area contributed by atoms with Crippen LogP contribution in [0.1, 0.15) is 34.7 Å². The fourth-order valence-electron chi connectivity index (χ4n) is 3.22. The molecule has 0 atom stereocenters. The van der Waals surface area contributed by atoms with E-state index in [4.69, 9.17) is 4.74 Å². The fraction of sp³-hybridized carbons (Fsp3) is 0.250. The van der Waals surface area contributed by atoms with E-state index in [1.165, 1.54) is 6.07 Å². The van der Waals surface area contributed by atoms with Gasteiger partial charge in [-0.1, -0.05) is 36.4 Å². The van der Waals surface area contributed by atoms with Crippen LogP contribution in [0.15, 0.2) is 60.0 Å². The molecule has 0 saturated heterocycles. The molecule has 1 fully saturated rings. The van der Waals surface area contributed by atoms with Crippen molar-refractivity contribution >= 4 is 23.3 Å². The summed E-state index contributed by atoms with van der Waals surface area (Å²) in [7, 11) is 0. The van der Waals surface area contributed by atoms with Crippen LogP contribution in [0.2, 0.25) is 0 Å². The van der Waals surface area contributed by atoms with Crippen molar-refractivity contribution in [2.75, 3.05) is 0 Å².